The van der Waals surface area contributed by atoms with Gasteiger partial charge in [0.25, 0.3) is 0 Å². The first-order valence-corrected chi connectivity index (χ1v) is 7.67. The number of nitrogens with two attached hydrogens (primary N) is 1. The quantitative estimate of drug-likeness (QED) is 0.882. The van der Waals surface area contributed by atoms with E-state index in [0.717, 1.165) is 12.5 Å². The molecule has 1 aromatic rings. The van der Waals surface area contributed by atoms with Crippen LogP contribution in [-0.2, 0) is 6.42 Å². The second-order valence-electron chi connectivity index (χ2n) is 6.34. The lowest BCUT2D eigenvalue weighted by molar-refractivity contribution is 0.166. The molecule has 2 nitrogen and oxygen atoms in total. The lowest BCUT2D eigenvalue weighted by Crippen LogP contribution is -2.44. The van der Waals surface area contributed by atoms with Crippen molar-refractivity contribution in [3.63, 3.8) is 0 Å². The van der Waals surface area contributed by atoms with Gasteiger partial charge in [-0.1, -0.05) is 44.2 Å². The van der Waals surface area contributed by atoms with Gasteiger partial charge in [-0.2, -0.15) is 0 Å². The van der Waals surface area contributed by atoms with Crippen molar-refractivity contribution in [2.45, 2.75) is 39.2 Å². The average Bonchev–Trinajstić information content (AvgIpc) is 2.42. The summed E-state index contributed by atoms with van der Waals surface area (Å²) in [5, 5.41) is 0. The number of hydrogen-bond donors (Lipinski definition) is 1. The number of likely N-dealkylation sites (tertiary alicyclic amines) is 1. The molecule has 1 aromatic carbocycles. The largest absolute Gasteiger partial charge is 0.326 e. The summed E-state index contributed by atoms with van der Waals surface area (Å²) in [6.07, 6.45) is 3.88. The molecule has 0 amide bonds. The molecule has 1 heterocycles. The lowest BCUT2D eigenvalue weighted by Gasteiger charge is -2.34. The Hall–Kier alpha value is -0.860. The van der Waals surface area contributed by atoms with E-state index in [2.05, 4.69) is 49.1 Å². The van der Waals surface area contributed by atoms with E-state index in [0.29, 0.717) is 12.0 Å². The van der Waals surface area contributed by atoms with E-state index in [1.807, 2.05) is 0 Å². The van der Waals surface area contributed by atoms with Crippen LogP contribution in [0, 0.1) is 11.8 Å². The maximum atomic E-state index is 6.16. The van der Waals surface area contributed by atoms with Gasteiger partial charge in [0.2, 0.25) is 0 Å². The van der Waals surface area contributed by atoms with Crippen molar-refractivity contribution in [1.29, 1.82) is 0 Å². The highest BCUT2D eigenvalue weighted by atomic mass is 15.1. The standard InChI is InChI=1S/C17H28N2/c1-14(2)17(18)13-19-10-8-16(9-11-19)12-15-6-4-3-5-7-15/h3-7,14,16-17H,8-13,18H2,1-2H3/t17-/m1/s1. The summed E-state index contributed by atoms with van der Waals surface area (Å²) in [4.78, 5) is 2.55. The van der Waals surface area contributed by atoms with Gasteiger partial charge in [-0.05, 0) is 49.8 Å². The second-order valence-corrected chi connectivity index (χ2v) is 6.34. The van der Waals surface area contributed by atoms with Gasteiger partial charge in [0, 0.05) is 12.6 Å². The molecule has 0 radical (unpaired) electrons. The molecule has 2 rings (SSSR count). The van der Waals surface area contributed by atoms with Crippen LogP contribution in [0.25, 0.3) is 0 Å². The van der Waals surface area contributed by atoms with Crippen LogP contribution in [0.5, 0.6) is 0 Å². The molecule has 1 fully saturated rings. The maximum Gasteiger partial charge on any atom is 0.0191 e. The zero-order valence-electron chi connectivity index (χ0n) is 12.4. The molecular weight excluding hydrogens is 232 g/mol. The molecule has 106 valence electrons. The number of hydrogen-bond acceptors (Lipinski definition) is 2. The van der Waals surface area contributed by atoms with Gasteiger partial charge in [0.15, 0.2) is 0 Å². The van der Waals surface area contributed by atoms with Crippen LogP contribution in [0.1, 0.15) is 32.3 Å². The Labute approximate surface area is 118 Å². The zero-order valence-corrected chi connectivity index (χ0v) is 12.4. The molecule has 1 saturated heterocycles. The minimum atomic E-state index is 0.325. The third-order valence-corrected chi connectivity index (χ3v) is 4.40. The zero-order chi connectivity index (χ0) is 13.7. The Morgan fingerprint density at radius 3 is 2.37 bits per heavy atom. The Morgan fingerprint density at radius 2 is 1.79 bits per heavy atom. The molecule has 0 spiro atoms. The smallest absolute Gasteiger partial charge is 0.0191 e. The van der Waals surface area contributed by atoms with Crippen LogP contribution < -0.4 is 5.73 Å². The van der Waals surface area contributed by atoms with Crippen LogP contribution in [0.15, 0.2) is 30.3 Å². The first kappa shape index (κ1) is 14.5. The van der Waals surface area contributed by atoms with Crippen molar-refractivity contribution in [1.82, 2.24) is 4.90 Å². The molecule has 2 N–H and O–H groups in total. The molecule has 0 saturated carbocycles. The molecule has 1 aliphatic rings. The van der Waals surface area contributed by atoms with Gasteiger partial charge < -0.3 is 10.6 Å². The molecule has 1 aliphatic heterocycles. The minimum Gasteiger partial charge on any atom is -0.326 e. The summed E-state index contributed by atoms with van der Waals surface area (Å²) >= 11 is 0. The van der Waals surface area contributed by atoms with Crippen molar-refractivity contribution in [3.05, 3.63) is 35.9 Å². The summed E-state index contributed by atoms with van der Waals surface area (Å²) in [6.45, 7) is 7.94. The third-order valence-electron chi connectivity index (χ3n) is 4.40. The lowest BCUT2D eigenvalue weighted by atomic mass is 9.90. The summed E-state index contributed by atoms with van der Waals surface area (Å²) in [6, 6.07) is 11.2. The summed E-state index contributed by atoms with van der Waals surface area (Å²) < 4.78 is 0. The van der Waals surface area contributed by atoms with Gasteiger partial charge in [-0.25, -0.2) is 0 Å². The normalized spacial score (nSPS) is 19.8. The minimum absolute atomic E-state index is 0.325. The summed E-state index contributed by atoms with van der Waals surface area (Å²) in [5.41, 5.74) is 7.65. The fraction of sp³-hybridized carbons (Fsp3) is 0.647. The maximum absolute atomic E-state index is 6.16. The van der Waals surface area contributed by atoms with Gasteiger partial charge in [0.1, 0.15) is 0 Å². The van der Waals surface area contributed by atoms with Gasteiger partial charge in [-0.15, -0.1) is 0 Å². The van der Waals surface area contributed by atoms with E-state index in [1.54, 1.807) is 0 Å². The van der Waals surface area contributed by atoms with Crippen molar-refractivity contribution < 1.29 is 0 Å². The van der Waals surface area contributed by atoms with E-state index < -0.39 is 0 Å². The molecule has 0 unspecified atom stereocenters. The van der Waals surface area contributed by atoms with Crippen LogP contribution in [0.2, 0.25) is 0 Å². The number of nitrogens with zero attached hydrogens (tertiary/aromatic N) is 1. The molecule has 0 bridgehead atoms. The highest BCUT2D eigenvalue weighted by Gasteiger charge is 2.21. The van der Waals surface area contributed by atoms with Crippen molar-refractivity contribution in [2.75, 3.05) is 19.6 Å². The van der Waals surface area contributed by atoms with Crippen molar-refractivity contribution in [3.8, 4) is 0 Å². The Balaban J connectivity index is 1.73. The van der Waals surface area contributed by atoms with Crippen molar-refractivity contribution >= 4 is 0 Å². The molecule has 0 aliphatic carbocycles. The van der Waals surface area contributed by atoms with Crippen LogP contribution in [-0.4, -0.2) is 30.6 Å². The average molecular weight is 260 g/mol. The van der Waals surface area contributed by atoms with Gasteiger partial charge in [-0.3, -0.25) is 0 Å². The molecular formula is C17H28N2. The van der Waals surface area contributed by atoms with Gasteiger partial charge >= 0.3 is 0 Å². The first-order valence-electron chi connectivity index (χ1n) is 7.67. The third kappa shape index (κ3) is 4.63. The van der Waals surface area contributed by atoms with E-state index >= 15 is 0 Å². The fourth-order valence-electron chi connectivity index (χ4n) is 2.83. The predicted molar refractivity (Wildman–Crippen MR) is 82.1 cm³/mol. The fourth-order valence-corrected chi connectivity index (χ4v) is 2.83. The number of rotatable bonds is 5. The molecule has 1 atom stereocenters. The number of piperidine rings is 1. The highest BCUT2D eigenvalue weighted by molar-refractivity contribution is 5.15. The van der Waals surface area contributed by atoms with E-state index in [9.17, 15) is 0 Å². The van der Waals surface area contributed by atoms with Crippen LogP contribution in [0.3, 0.4) is 0 Å². The SMILES string of the molecule is CC(C)[C@H](N)CN1CCC(Cc2ccccc2)CC1. The predicted octanol–water partition coefficient (Wildman–Crippen LogP) is 2.92. The first-order chi connectivity index (χ1) is 9.15. The molecule has 2 heteroatoms. The van der Waals surface area contributed by atoms with E-state index in [1.165, 1.54) is 37.9 Å². The summed E-state index contributed by atoms with van der Waals surface area (Å²) in [7, 11) is 0. The highest BCUT2D eigenvalue weighted by Crippen LogP contribution is 2.21. The second kappa shape index (κ2) is 7.06. The Kier molecular flexibility index (Phi) is 5.41. The molecule has 0 aromatic heterocycles. The number of benzene rings is 1. The van der Waals surface area contributed by atoms with E-state index in [-0.39, 0.29) is 0 Å². The monoisotopic (exact) mass is 260 g/mol. The molecule has 19 heavy (non-hydrogen) atoms. The van der Waals surface area contributed by atoms with Crippen LogP contribution in [0.4, 0.5) is 0 Å². The van der Waals surface area contributed by atoms with E-state index in [4.69, 9.17) is 5.73 Å². The van der Waals surface area contributed by atoms with Crippen LogP contribution >= 0.6 is 0 Å². The van der Waals surface area contributed by atoms with Crippen molar-refractivity contribution in [2.24, 2.45) is 17.6 Å². The topological polar surface area (TPSA) is 29.3 Å². The Morgan fingerprint density at radius 1 is 1.16 bits per heavy atom. The Bertz CT molecular complexity index is 353. The summed E-state index contributed by atoms with van der Waals surface area (Å²) in [5.74, 6) is 1.44. The van der Waals surface area contributed by atoms with Gasteiger partial charge in [0.05, 0.1) is 0 Å².